The summed E-state index contributed by atoms with van der Waals surface area (Å²) in [5.41, 5.74) is 7.03. The summed E-state index contributed by atoms with van der Waals surface area (Å²) in [7, 11) is 0. The molecule has 1 unspecified atom stereocenters. The molecular weight excluding hydrogens is 322 g/mol. The number of halogens is 2. The average molecular weight is 336 g/mol. The summed E-state index contributed by atoms with van der Waals surface area (Å²) in [6.45, 7) is 0.266. The van der Waals surface area contributed by atoms with Gasteiger partial charge in [0.05, 0.1) is 10.4 Å². The molecule has 2 amide bonds. The Morgan fingerprint density at radius 3 is 2.70 bits per heavy atom. The van der Waals surface area contributed by atoms with Gasteiger partial charge in [0, 0.05) is 6.54 Å². The number of rotatable bonds is 3. The SMILES string of the molecule is NC(=O)C1c2ccccc2CCN1C(=O)c1ccsc1C(F)F. The van der Waals surface area contributed by atoms with Crippen molar-refractivity contribution in [3.8, 4) is 0 Å². The predicted octanol–water partition coefficient (Wildman–Crippen LogP) is 2.91. The Morgan fingerprint density at radius 1 is 1.26 bits per heavy atom. The highest BCUT2D eigenvalue weighted by atomic mass is 32.1. The number of thiophene rings is 1. The van der Waals surface area contributed by atoms with Crippen LogP contribution in [-0.4, -0.2) is 23.3 Å². The van der Waals surface area contributed by atoms with Crippen LogP contribution in [0.2, 0.25) is 0 Å². The Bertz CT molecular complexity index is 760. The number of alkyl halides is 2. The summed E-state index contributed by atoms with van der Waals surface area (Å²) in [4.78, 5) is 25.6. The Labute approximate surface area is 135 Å². The maximum atomic E-state index is 13.0. The lowest BCUT2D eigenvalue weighted by Gasteiger charge is -2.35. The molecule has 1 aromatic heterocycles. The predicted molar refractivity (Wildman–Crippen MR) is 82.4 cm³/mol. The summed E-state index contributed by atoms with van der Waals surface area (Å²) in [5, 5.41) is 1.45. The molecule has 3 rings (SSSR count). The van der Waals surface area contributed by atoms with Crippen molar-refractivity contribution in [1.29, 1.82) is 0 Å². The van der Waals surface area contributed by atoms with Crippen molar-refractivity contribution in [2.75, 3.05) is 6.54 Å². The summed E-state index contributed by atoms with van der Waals surface area (Å²) in [6, 6.07) is 7.67. The second kappa shape index (κ2) is 6.08. The highest BCUT2D eigenvalue weighted by molar-refractivity contribution is 7.10. The second-order valence-corrected chi connectivity index (χ2v) is 6.20. The van der Waals surface area contributed by atoms with Gasteiger partial charge in [-0.1, -0.05) is 24.3 Å². The first-order chi connectivity index (χ1) is 11.0. The van der Waals surface area contributed by atoms with Crippen LogP contribution in [0.25, 0.3) is 0 Å². The fourth-order valence-corrected chi connectivity index (χ4v) is 3.65. The second-order valence-electron chi connectivity index (χ2n) is 5.25. The minimum absolute atomic E-state index is 0.0596. The molecule has 1 aromatic carbocycles. The number of nitrogens with two attached hydrogens (primary N) is 1. The summed E-state index contributed by atoms with van der Waals surface area (Å²) >= 11 is 0.832. The normalized spacial score (nSPS) is 17.2. The standard InChI is InChI=1S/C16H14F2N2O2S/c17-14(18)13-11(6-8-23-13)16(22)20-7-5-9-3-1-2-4-10(9)12(20)15(19)21/h1-4,6,8,12,14H,5,7H2,(H2,19,21). The number of carbonyl (C=O) groups is 2. The zero-order valence-electron chi connectivity index (χ0n) is 12.0. The fraction of sp³-hybridized carbons (Fsp3) is 0.250. The van der Waals surface area contributed by atoms with E-state index >= 15 is 0 Å². The molecule has 1 atom stereocenters. The number of primary amides is 1. The molecule has 120 valence electrons. The van der Waals surface area contributed by atoms with Crippen molar-refractivity contribution in [2.24, 2.45) is 5.73 Å². The van der Waals surface area contributed by atoms with Crippen LogP contribution in [0.15, 0.2) is 35.7 Å². The number of fused-ring (bicyclic) bond motifs is 1. The van der Waals surface area contributed by atoms with E-state index in [0.717, 1.165) is 16.9 Å². The largest absolute Gasteiger partial charge is 0.368 e. The van der Waals surface area contributed by atoms with Gasteiger partial charge in [0.25, 0.3) is 12.3 Å². The number of amides is 2. The zero-order valence-corrected chi connectivity index (χ0v) is 12.9. The number of hydrogen-bond acceptors (Lipinski definition) is 3. The summed E-state index contributed by atoms with van der Waals surface area (Å²) < 4.78 is 26.1. The third kappa shape index (κ3) is 2.72. The van der Waals surface area contributed by atoms with E-state index in [4.69, 9.17) is 5.73 Å². The molecule has 0 saturated heterocycles. The number of carbonyl (C=O) groups excluding carboxylic acids is 2. The molecule has 0 saturated carbocycles. The molecule has 1 aliphatic heterocycles. The maximum absolute atomic E-state index is 13.0. The van der Waals surface area contributed by atoms with Gasteiger partial charge in [-0.15, -0.1) is 11.3 Å². The van der Waals surface area contributed by atoms with Crippen LogP contribution < -0.4 is 5.73 Å². The zero-order chi connectivity index (χ0) is 16.6. The van der Waals surface area contributed by atoms with Gasteiger partial charge in [-0.2, -0.15) is 0 Å². The summed E-state index contributed by atoms with van der Waals surface area (Å²) in [6.07, 6.45) is -2.17. The molecule has 2 heterocycles. The van der Waals surface area contributed by atoms with Crippen LogP contribution >= 0.6 is 11.3 Å². The highest BCUT2D eigenvalue weighted by Gasteiger charge is 2.36. The Hall–Kier alpha value is -2.28. The number of benzene rings is 1. The third-order valence-electron chi connectivity index (χ3n) is 3.94. The van der Waals surface area contributed by atoms with E-state index in [1.165, 1.54) is 16.3 Å². The van der Waals surface area contributed by atoms with Crippen LogP contribution in [0.1, 0.15) is 38.8 Å². The van der Waals surface area contributed by atoms with Crippen molar-refractivity contribution in [3.05, 3.63) is 57.3 Å². The molecule has 0 radical (unpaired) electrons. The van der Waals surface area contributed by atoms with Gasteiger partial charge in [-0.05, 0) is 29.0 Å². The lowest BCUT2D eigenvalue weighted by molar-refractivity contribution is -0.123. The highest BCUT2D eigenvalue weighted by Crippen LogP contribution is 2.34. The molecule has 0 aliphatic carbocycles. The minimum Gasteiger partial charge on any atom is -0.368 e. The van der Waals surface area contributed by atoms with E-state index in [9.17, 15) is 18.4 Å². The van der Waals surface area contributed by atoms with Crippen LogP contribution in [0.4, 0.5) is 8.78 Å². The van der Waals surface area contributed by atoms with E-state index < -0.39 is 24.3 Å². The van der Waals surface area contributed by atoms with E-state index in [1.807, 2.05) is 12.1 Å². The van der Waals surface area contributed by atoms with E-state index in [-0.39, 0.29) is 17.0 Å². The molecule has 23 heavy (non-hydrogen) atoms. The monoisotopic (exact) mass is 336 g/mol. The average Bonchev–Trinajstić information content (AvgIpc) is 3.02. The van der Waals surface area contributed by atoms with Crippen molar-refractivity contribution < 1.29 is 18.4 Å². The topological polar surface area (TPSA) is 63.4 Å². The van der Waals surface area contributed by atoms with Crippen LogP contribution in [-0.2, 0) is 11.2 Å². The van der Waals surface area contributed by atoms with E-state index in [2.05, 4.69) is 0 Å². The summed E-state index contributed by atoms with van der Waals surface area (Å²) in [5.74, 6) is -1.25. The van der Waals surface area contributed by atoms with Gasteiger partial charge in [0.2, 0.25) is 5.91 Å². The molecular formula is C16H14F2N2O2S. The van der Waals surface area contributed by atoms with Gasteiger partial charge in [-0.25, -0.2) is 8.78 Å². The van der Waals surface area contributed by atoms with Gasteiger partial charge >= 0.3 is 0 Å². The van der Waals surface area contributed by atoms with E-state index in [1.54, 1.807) is 12.1 Å². The van der Waals surface area contributed by atoms with Crippen molar-refractivity contribution in [2.45, 2.75) is 18.9 Å². The van der Waals surface area contributed by atoms with E-state index in [0.29, 0.717) is 12.0 Å². The van der Waals surface area contributed by atoms with Gasteiger partial charge < -0.3 is 10.6 Å². The Morgan fingerprint density at radius 2 is 2.00 bits per heavy atom. The first-order valence-corrected chi connectivity index (χ1v) is 7.92. The molecule has 2 N–H and O–H groups in total. The van der Waals surface area contributed by atoms with Crippen molar-refractivity contribution in [1.82, 2.24) is 4.90 Å². The van der Waals surface area contributed by atoms with Gasteiger partial charge in [-0.3, -0.25) is 9.59 Å². The van der Waals surface area contributed by atoms with Crippen LogP contribution in [0.5, 0.6) is 0 Å². The van der Waals surface area contributed by atoms with Crippen LogP contribution in [0.3, 0.4) is 0 Å². The smallest absolute Gasteiger partial charge is 0.273 e. The third-order valence-corrected chi connectivity index (χ3v) is 4.86. The first-order valence-electron chi connectivity index (χ1n) is 7.04. The van der Waals surface area contributed by atoms with Crippen molar-refractivity contribution in [3.63, 3.8) is 0 Å². The number of hydrogen-bond donors (Lipinski definition) is 1. The molecule has 0 fully saturated rings. The lowest BCUT2D eigenvalue weighted by atomic mass is 9.91. The molecule has 7 heteroatoms. The molecule has 4 nitrogen and oxygen atoms in total. The fourth-order valence-electron chi connectivity index (χ4n) is 2.91. The maximum Gasteiger partial charge on any atom is 0.273 e. The molecule has 0 bridgehead atoms. The Kier molecular flexibility index (Phi) is 4.12. The van der Waals surface area contributed by atoms with Crippen LogP contribution in [0, 0.1) is 0 Å². The minimum atomic E-state index is -2.72. The quantitative estimate of drug-likeness (QED) is 0.937. The molecule has 0 spiro atoms. The Balaban J connectivity index is 2.01. The number of nitrogens with zero attached hydrogens (tertiary/aromatic N) is 1. The lowest BCUT2D eigenvalue weighted by Crippen LogP contribution is -2.45. The molecule has 2 aromatic rings. The van der Waals surface area contributed by atoms with Crippen molar-refractivity contribution >= 4 is 23.2 Å². The van der Waals surface area contributed by atoms with Gasteiger partial charge in [0.1, 0.15) is 6.04 Å². The van der Waals surface area contributed by atoms with Gasteiger partial charge in [0.15, 0.2) is 0 Å². The molecule has 1 aliphatic rings. The first kappa shape index (κ1) is 15.6.